The average Bonchev–Trinajstić information content (AvgIpc) is 2.68. The number of hydrazone groups is 1. The number of nitrogens with zero attached hydrogens (tertiary/aromatic N) is 5. The number of hydrogen-bond donors (Lipinski definition) is 2. The molecule has 0 saturated heterocycles. The van der Waals surface area contributed by atoms with Gasteiger partial charge in [-0.1, -0.05) is 60.7 Å². The van der Waals surface area contributed by atoms with Gasteiger partial charge in [-0.2, -0.15) is 20.1 Å². The first-order valence-electron chi connectivity index (χ1n) is 8.26. The highest BCUT2D eigenvalue weighted by Crippen LogP contribution is 2.12. The van der Waals surface area contributed by atoms with Crippen molar-refractivity contribution in [3.63, 3.8) is 0 Å². The predicted molar refractivity (Wildman–Crippen MR) is 113 cm³/mol. The Bertz CT molecular complexity index is 854. The molecule has 0 aliphatic rings. The minimum atomic E-state index is 0. The first kappa shape index (κ1) is 20.1. The molecule has 8 heteroatoms. The van der Waals surface area contributed by atoms with Crippen molar-refractivity contribution in [2.45, 2.75) is 6.54 Å². The Kier molecular flexibility index (Phi) is 7.51. The van der Waals surface area contributed by atoms with Gasteiger partial charge in [0.05, 0.1) is 6.21 Å². The van der Waals surface area contributed by atoms with E-state index in [1.165, 1.54) is 0 Å². The molecule has 27 heavy (non-hydrogen) atoms. The average molecular weight is 384 g/mol. The van der Waals surface area contributed by atoms with Gasteiger partial charge in [-0.3, -0.25) is 0 Å². The van der Waals surface area contributed by atoms with Crippen molar-refractivity contribution >= 4 is 36.5 Å². The minimum Gasteiger partial charge on any atom is -0.350 e. The molecule has 1 aromatic heterocycles. The van der Waals surface area contributed by atoms with Gasteiger partial charge in [-0.15, -0.1) is 12.4 Å². The van der Waals surface area contributed by atoms with Crippen LogP contribution in [0.3, 0.4) is 0 Å². The Labute approximate surface area is 165 Å². The number of benzene rings is 2. The van der Waals surface area contributed by atoms with Crippen molar-refractivity contribution in [3.05, 3.63) is 71.8 Å². The van der Waals surface area contributed by atoms with Crippen molar-refractivity contribution < 1.29 is 0 Å². The van der Waals surface area contributed by atoms with Crippen molar-refractivity contribution in [1.29, 1.82) is 0 Å². The lowest BCUT2D eigenvalue weighted by atomic mass is 10.2. The summed E-state index contributed by atoms with van der Waals surface area (Å²) in [5.74, 6) is 1.42. The largest absolute Gasteiger partial charge is 0.350 e. The van der Waals surface area contributed by atoms with Crippen LogP contribution in [-0.4, -0.2) is 35.3 Å². The molecular formula is C19H22ClN7. The third kappa shape index (κ3) is 6.23. The number of hydrogen-bond acceptors (Lipinski definition) is 7. The molecule has 0 bridgehead atoms. The number of halogens is 1. The molecule has 0 saturated carbocycles. The summed E-state index contributed by atoms with van der Waals surface area (Å²) in [6.07, 6.45) is 1.72. The highest BCUT2D eigenvalue weighted by molar-refractivity contribution is 5.85. The fraction of sp³-hybridized carbons (Fsp3) is 0.158. The highest BCUT2D eigenvalue weighted by atomic mass is 35.5. The molecule has 0 fully saturated rings. The van der Waals surface area contributed by atoms with E-state index in [1.807, 2.05) is 79.7 Å². The molecule has 0 atom stereocenters. The van der Waals surface area contributed by atoms with Crippen LogP contribution < -0.4 is 15.6 Å². The van der Waals surface area contributed by atoms with E-state index in [0.29, 0.717) is 24.4 Å². The maximum atomic E-state index is 4.41. The van der Waals surface area contributed by atoms with Crippen molar-refractivity contribution in [1.82, 2.24) is 15.0 Å². The predicted octanol–water partition coefficient (Wildman–Crippen LogP) is 3.42. The molecular weight excluding hydrogens is 362 g/mol. The molecule has 0 radical (unpaired) electrons. The second-order valence-corrected chi connectivity index (χ2v) is 5.80. The second-order valence-electron chi connectivity index (χ2n) is 5.80. The molecule has 0 aliphatic carbocycles. The van der Waals surface area contributed by atoms with Crippen molar-refractivity contribution in [2.24, 2.45) is 5.10 Å². The van der Waals surface area contributed by atoms with Crippen LogP contribution in [0, 0.1) is 0 Å². The molecule has 140 valence electrons. The van der Waals surface area contributed by atoms with Crippen LogP contribution in [-0.2, 0) is 6.54 Å². The monoisotopic (exact) mass is 383 g/mol. The van der Waals surface area contributed by atoms with Gasteiger partial charge in [0.1, 0.15) is 0 Å². The molecule has 3 aromatic rings. The lowest BCUT2D eigenvalue weighted by Crippen LogP contribution is -2.16. The molecule has 2 N–H and O–H groups in total. The van der Waals surface area contributed by atoms with Gasteiger partial charge in [0.15, 0.2) is 0 Å². The zero-order valence-electron chi connectivity index (χ0n) is 15.2. The van der Waals surface area contributed by atoms with E-state index in [2.05, 4.69) is 30.8 Å². The maximum Gasteiger partial charge on any atom is 0.250 e. The first-order valence-corrected chi connectivity index (χ1v) is 8.26. The van der Waals surface area contributed by atoms with Crippen LogP contribution in [0.5, 0.6) is 0 Å². The van der Waals surface area contributed by atoms with E-state index in [4.69, 9.17) is 0 Å². The van der Waals surface area contributed by atoms with Crippen molar-refractivity contribution in [2.75, 3.05) is 29.7 Å². The zero-order valence-corrected chi connectivity index (χ0v) is 16.0. The Balaban J connectivity index is 0.00000261. The van der Waals surface area contributed by atoms with Crippen molar-refractivity contribution in [3.8, 4) is 0 Å². The lowest BCUT2D eigenvalue weighted by molar-refractivity contribution is 0.940. The van der Waals surface area contributed by atoms with Crippen LogP contribution in [0.4, 0.5) is 17.8 Å². The van der Waals surface area contributed by atoms with Gasteiger partial charge < -0.3 is 10.2 Å². The topological polar surface area (TPSA) is 78.3 Å². The van der Waals surface area contributed by atoms with Gasteiger partial charge >= 0.3 is 0 Å². The van der Waals surface area contributed by atoms with E-state index >= 15 is 0 Å². The van der Waals surface area contributed by atoms with Gasteiger partial charge in [0.2, 0.25) is 17.8 Å². The number of anilines is 3. The zero-order chi connectivity index (χ0) is 18.2. The van der Waals surface area contributed by atoms with Gasteiger partial charge in [0, 0.05) is 20.6 Å². The fourth-order valence-electron chi connectivity index (χ4n) is 2.17. The molecule has 7 nitrogen and oxygen atoms in total. The third-order valence-corrected chi connectivity index (χ3v) is 3.49. The normalized spacial score (nSPS) is 10.3. The molecule has 1 heterocycles. The molecule has 0 aliphatic heterocycles. The third-order valence-electron chi connectivity index (χ3n) is 3.49. The van der Waals surface area contributed by atoms with Gasteiger partial charge in [-0.25, -0.2) is 5.43 Å². The summed E-state index contributed by atoms with van der Waals surface area (Å²) in [4.78, 5) is 15.0. The van der Waals surface area contributed by atoms with Crippen LogP contribution in [0.25, 0.3) is 0 Å². The van der Waals surface area contributed by atoms with E-state index in [0.717, 1.165) is 11.1 Å². The van der Waals surface area contributed by atoms with E-state index in [-0.39, 0.29) is 12.4 Å². The fourth-order valence-corrected chi connectivity index (χ4v) is 2.17. The van der Waals surface area contributed by atoms with Gasteiger partial charge in [-0.05, 0) is 11.1 Å². The Hall–Kier alpha value is -3.19. The van der Waals surface area contributed by atoms with E-state index in [9.17, 15) is 0 Å². The van der Waals surface area contributed by atoms with E-state index in [1.54, 1.807) is 6.21 Å². The molecule has 2 aromatic carbocycles. The summed E-state index contributed by atoms with van der Waals surface area (Å²) in [5, 5.41) is 7.42. The highest BCUT2D eigenvalue weighted by Gasteiger charge is 2.07. The number of nitrogens with one attached hydrogen (secondary N) is 2. The summed E-state index contributed by atoms with van der Waals surface area (Å²) in [7, 11) is 3.76. The summed E-state index contributed by atoms with van der Waals surface area (Å²) in [6, 6.07) is 19.9. The summed E-state index contributed by atoms with van der Waals surface area (Å²) >= 11 is 0. The van der Waals surface area contributed by atoms with Crippen LogP contribution >= 0.6 is 12.4 Å². The summed E-state index contributed by atoms with van der Waals surface area (Å²) < 4.78 is 0. The van der Waals surface area contributed by atoms with Crippen LogP contribution in [0.15, 0.2) is 65.8 Å². The first-order chi connectivity index (χ1) is 12.7. The van der Waals surface area contributed by atoms with Gasteiger partial charge in [0.25, 0.3) is 0 Å². The van der Waals surface area contributed by atoms with E-state index < -0.39 is 0 Å². The maximum absolute atomic E-state index is 4.41. The quantitative estimate of drug-likeness (QED) is 0.481. The second kappa shape index (κ2) is 10.1. The molecule has 0 unspecified atom stereocenters. The number of rotatable bonds is 7. The Morgan fingerprint density at radius 2 is 1.52 bits per heavy atom. The summed E-state index contributed by atoms with van der Waals surface area (Å²) in [6.45, 7) is 0.629. The molecule has 3 rings (SSSR count). The lowest BCUT2D eigenvalue weighted by Gasteiger charge is -2.13. The molecule has 0 amide bonds. The number of aromatic nitrogens is 3. The Morgan fingerprint density at radius 3 is 2.19 bits per heavy atom. The Morgan fingerprint density at radius 1 is 0.889 bits per heavy atom. The summed E-state index contributed by atoms with van der Waals surface area (Å²) in [5.41, 5.74) is 5.01. The smallest absolute Gasteiger partial charge is 0.250 e. The molecule has 0 spiro atoms. The SMILES string of the molecule is CN(C)c1nc(NCc2ccccc2)nc(NN=Cc2ccccc2)n1.Cl. The standard InChI is InChI=1S/C19H21N7.ClH/c1-26(2)19-23-17(20-13-15-9-5-3-6-10-15)22-18(24-19)25-21-14-16-11-7-4-8-12-16;/h3-12,14H,13H2,1-2H3,(H2,20,22,23,24,25);1H. The van der Waals surface area contributed by atoms with Crippen LogP contribution in [0.2, 0.25) is 0 Å². The van der Waals surface area contributed by atoms with Crippen LogP contribution in [0.1, 0.15) is 11.1 Å². The minimum absolute atomic E-state index is 0.